The first-order valence-corrected chi connectivity index (χ1v) is 5.11. The smallest absolute Gasteiger partial charge is 0.340 e. The van der Waals surface area contributed by atoms with E-state index in [4.69, 9.17) is 5.11 Å². The Balaban J connectivity index is 2.49. The fourth-order valence-corrected chi connectivity index (χ4v) is 1.81. The molecule has 1 aromatic heterocycles. The molecule has 16 heavy (non-hydrogen) atoms. The summed E-state index contributed by atoms with van der Waals surface area (Å²) in [6.45, 7) is 0. The van der Waals surface area contributed by atoms with Crippen LogP contribution >= 0.6 is 15.9 Å². The maximum absolute atomic E-state index is 12.7. The zero-order valence-electron chi connectivity index (χ0n) is 7.89. The number of halogens is 2. The van der Waals surface area contributed by atoms with E-state index in [1.165, 1.54) is 35.1 Å². The van der Waals surface area contributed by atoms with Gasteiger partial charge in [-0.2, -0.15) is 5.10 Å². The number of benzene rings is 1. The SMILES string of the molecule is O=C(O)c1cnn(-c2ccc(F)cc2)c1Br. The van der Waals surface area contributed by atoms with Gasteiger partial charge >= 0.3 is 5.97 Å². The molecular formula is C10H6BrFN2O2. The quantitative estimate of drug-likeness (QED) is 0.922. The van der Waals surface area contributed by atoms with Crippen LogP contribution in [0.4, 0.5) is 4.39 Å². The highest BCUT2D eigenvalue weighted by Crippen LogP contribution is 2.20. The van der Waals surface area contributed by atoms with Gasteiger partial charge in [0, 0.05) is 0 Å². The lowest BCUT2D eigenvalue weighted by Gasteiger charge is -2.02. The lowest BCUT2D eigenvalue weighted by atomic mass is 10.3. The minimum absolute atomic E-state index is 0.0596. The Morgan fingerprint density at radius 2 is 2.00 bits per heavy atom. The van der Waals surface area contributed by atoms with E-state index < -0.39 is 5.97 Å². The van der Waals surface area contributed by atoms with Gasteiger partial charge in [-0.3, -0.25) is 0 Å². The molecule has 0 bridgehead atoms. The number of hydrogen-bond acceptors (Lipinski definition) is 2. The van der Waals surface area contributed by atoms with Gasteiger partial charge in [0.05, 0.1) is 11.9 Å². The molecule has 1 N–H and O–H groups in total. The molecule has 0 aliphatic heterocycles. The number of carbonyl (C=O) groups is 1. The highest BCUT2D eigenvalue weighted by Gasteiger charge is 2.14. The van der Waals surface area contributed by atoms with Gasteiger partial charge in [0.25, 0.3) is 0 Å². The van der Waals surface area contributed by atoms with Crippen molar-refractivity contribution in [2.75, 3.05) is 0 Å². The van der Waals surface area contributed by atoms with E-state index in [-0.39, 0.29) is 11.4 Å². The second-order valence-electron chi connectivity index (χ2n) is 3.04. The van der Waals surface area contributed by atoms with Crippen molar-refractivity contribution in [1.82, 2.24) is 9.78 Å². The van der Waals surface area contributed by atoms with Crippen LogP contribution in [-0.4, -0.2) is 20.9 Å². The van der Waals surface area contributed by atoms with E-state index in [2.05, 4.69) is 21.0 Å². The Labute approximate surface area is 98.4 Å². The minimum Gasteiger partial charge on any atom is -0.478 e. The number of hydrogen-bond donors (Lipinski definition) is 1. The first kappa shape index (κ1) is 10.8. The number of aromatic nitrogens is 2. The maximum Gasteiger partial charge on any atom is 0.340 e. The average molecular weight is 285 g/mol. The molecule has 0 radical (unpaired) electrons. The summed E-state index contributed by atoms with van der Waals surface area (Å²) in [4.78, 5) is 10.8. The van der Waals surface area contributed by atoms with Gasteiger partial charge in [0.1, 0.15) is 16.0 Å². The topological polar surface area (TPSA) is 55.1 Å². The molecule has 0 atom stereocenters. The molecule has 6 heteroatoms. The van der Waals surface area contributed by atoms with Gasteiger partial charge in [0.2, 0.25) is 0 Å². The third-order valence-corrected chi connectivity index (χ3v) is 2.78. The second-order valence-corrected chi connectivity index (χ2v) is 3.79. The molecule has 0 fully saturated rings. The summed E-state index contributed by atoms with van der Waals surface area (Å²) in [5.74, 6) is -1.43. The highest BCUT2D eigenvalue weighted by atomic mass is 79.9. The molecule has 2 aromatic rings. The Kier molecular flexibility index (Phi) is 2.74. The number of carboxylic acid groups (broad SMARTS) is 1. The Bertz CT molecular complexity index is 536. The molecule has 0 amide bonds. The summed E-state index contributed by atoms with van der Waals surface area (Å²) >= 11 is 3.13. The van der Waals surface area contributed by atoms with Gasteiger partial charge in [-0.05, 0) is 40.2 Å². The number of aromatic carboxylic acids is 1. The molecule has 0 saturated heterocycles. The summed E-state index contributed by atoms with van der Waals surface area (Å²) < 4.78 is 14.4. The molecule has 1 heterocycles. The zero-order chi connectivity index (χ0) is 11.7. The predicted molar refractivity (Wildman–Crippen MR) is 58.2 cm³/mol. The van der Waals surface area contributed by atoms with Crippen molar-refractivity contribution in [2.45, 2.75) is 0 Å². The number of carboxylic acids is 1. The second kappa shape index (κ2) is 4.05. The van der Waals surface area contributed by atoms with E-state index in [1.807, 2.05) is 0 Å². The van der Waals surface area contributed by atoms with E-state index in [0.717, 1.165) is 0 Å². The largest absolute Gasteiger partial charge is 0.478 e. The van der Waals surface area contributed by atoms with E-state index in [9.17, 15) is 9.18 Å². The van der Waals surface area contributed by atoms with Gasteiger partial charge in [-0.1, -0.05) is 0 Å². The average Bonchev–Trinajstić information content (AvgIpc) is 2.61. The lowest BCUT2D eigenvalue weighted by Crippen LogP contribution is -1.99. The van der Waals surface area contributed by atoms with Crippen molar-refractivity contribution in [3.63, 3.8) is 0 Å². The third kappa shape index (κ3) is 1.83. The zero-order valence-corrected chi connectivity index (χ0v) is 9.48. The standard InChI is InChI=1S/C10H6BrFN2O2/c11-9-8(10(15)16)5-13-14(9)7-3-1-6(12)2-4-7/h1-5H,(H,15,16). The number of rotatable bonds is 2. The molecule has 4 nitrogen and oxygen atoms in total. The molecule has 0 aliphatic carbocycles. The van der Waals surface area contributed by atoms with Crippen molar-refractivity contribution >= 4 is 21.9 Å². The van der Waals surface area contributed by atoms with Crippen LogP contribution in [-0.2, 0) is 0 Å². The van der Waals surface area contributed by atoms with Crippen LogP contribution in [0.1, 0.15) is 10.4 Å². The van der Waals surface area contributed by atoms with Crippen LogP contribution in [0.5, 0.6) is 0 Å². The summed E-state index contributed by atoms with van der Waals surface area (Å²) in [5, 5.41) is 12.7. The van der Waals surface area contributed by atoms with Crippen molar-refractivity contribution in [1.29, 1.82) is 0 Å². The first-order valence-electron chi connectivity index (χ1n) is 4.32. The summed E-state index contributed by atoms with van der Waals surface area (Å²) in [5.41, 5.74) is 0.644. The molecule has 2 rings (SSSR count). The molecule has 1 aromatic carbocycles. The van der Waals surface area contributed by atoms with E-state index in [1.54, 1.807) is 0 Å². The molecule has 0 aliphatic rings. The van der Waals surface area contributed by atoms with Gasteiger partial charge in [0.15, 0.2) is 0 Å². The van der Waals surface area contributed by atoms with Gasteiger partial charge in [-0.15, -0.1) is 0 Å². The monoisotopic (exact) mass is 284 g/mol. The van der Waals surface area contributed by atoms with Crippen molar-refractivity contribution in [3.05, 3.63) is 46.4 Å². The van der Waals surface area contributed by atoms with E-state index >= 15 is 0 Å². The molecular weight excluding hydrogens is 279 g/mol. The predicted octanol–water partition coefficient (Wildman–Crippen LogP) is 2.47. The van der Waals surface area contributed by atoms with Crippen molar-refractivity contribution in [3.8, 4) is 5.69 Å². The highest BCUT2D eigenvalue weighted by molar-refractivity contribution is 9.10. The normalized spacial score (nSPS) is 10.4. The van der Waals surface area contributed by atoms with Gasteiger partial charge < -0.3 is 5.11 Å². The Morgan fingerprint density at radius 1 is 1.38 bits per heavy atom. The maximum atomic E-state index is 12.7. The van der Waals surface area contributed by atoms with Crippen LogP contribution in [0, 0.1) is 5.82 Å². The lowest BCUT2D eigenvalue weighted by molar-refractivity contribution is 0.0696. The summed E-state index contributed by atoms with van der Waals surface area (Å²) in [6, 6.07) is 5.59. The molecule has 0 spiro atoms. The summed E-state index contributed by atoms with van der Waals surface area (Å²) in [7, 11) is 0. The number of nitrogens with zero attached hydrogens (tertiary/aromatic N) is 2. The van der Waals surface area contributed by atoms with Crippen LogP contribution in [0.15, 0.2) is 35.1 Å². The fraction of sp³-hybridized carbons (Fsp3) is 0. The van der Waals surface area contributed by atoms with Gasteiger partial charge in [-0.25, -0.2) is 13.9 Å². The third-order valence-electron chi connectivity index (χ3n) is 2.01. The van der Waals surface area contributed by atoms with Crippen molar-refractivity contribution < 1.29 is 14.3 Å². The molecule has 82 valence electrons. The van der Waals surface area contributed by atoms with Crippen LogP contribution in [0.2, 0.25) is 0 Å². The molecule has 0 saturated carbocycles. The Morgan fingerprint density at radius 3 is 2.50 bits per heavy atom. The minimum atomic E-state index is -1.07. The van der Waals surface area contributed by atoms with E-state index in [0.29, 0.717) is 10.3 Å². The van der Waals surface area contributed by atoms with Crippen molar-refractivity contribution in [2.24, 2.45) is 0 Å². The fourth-order valence-electron chi connectivity index (χ4n) is 1.24. The first-order chi connectivity index (χ1) is 7.59. The molecule has 0 unspecified atom stereocenters. The Hall–Kier alpha value is -1.69. The van der Waals surface area contributed by atoms with Crippen LogP contribution < -0.4 is 0 Å². The van der Waals surface area contributed by atoms with Crippen LogP contribution in [0.25, 0.3) is 5.69 Å². The van der Waals surface area contributed by atoms with Crippen LogP contribution in [0.3, 0.4) is 0 Å². The summed E-state index contributed by atoms with van der Waals surface area (Å²) in [6.07, 6.45) is 1.23.